The van der Waals surface area contributed by atoms with Crippen LogP contribution >= 0.6 is 0 Å². The molecule has 170 valence electrons. The van der Waals surface area contributed by atoms with Crippen LogP contribution in [0.3, 0.4) is 0 Å². The van der Waals surface area contributed by atoms with E-state index in [2.05, 4.69) is 0 Å². The van der Waals surface area contributed by atoms with Crippen LogP contribution in [-0.2, 0) is 9.59 Å². The van der Waals surface area contributed by atoms with Crippen molar-refractivity contribution in [1.29, 1.82) is 0 Å². The SMILES string of the molecule is CC(C)Oc1ccc(C([O-])=C2C(=O)C(=O)N(CCC[NH+](C)C)C2c2ccccc2)cc1F. The molecule has 2 aromatic carbocycles. The molecule has 1 fully saturated rings. The van der Waals surface area contributed by atoms with Crippen molar-refractivity contribution in [2.24, 2.45) is 0 Å². The van der Waals surface area contributed by atoms with Crippen molar-refractivity contribution in [3.8, 4) is 5.75 Å². The average molecular weight is 441 g/mol. The zero-order chi connectivity index (χ0) is 23.4. The van der Waals surface area contributed by atoms with E-state index in [0.29, 0.717) is 18.5 Å². The number of hydrogen-bond donors (Lipinski definition) is 1. The van der Waals surface area contributed by atoms with Gasteiger partial charge >= 0.3 is 0 Å². The maximum absolute atomic E-state index is 14.5. The van der Waals surface area contributed by atoms with E-state index in [4.69, 9.17) is 4.74 Å². The zero-order valence-electron chi connectivity index (χ0n) is 18.9. The number of benzene rings is 2. The van der Waals surface area contributed by atoms with Crippen LogP contribution in [0.25, 0.3) is 5.76 Å². The van der Waals surface area contributed by atoms with Crippen LogP contribution < -0.4 is 14.7 Å². The summed E-state index contributed by atoms with van der Waals surface area (Å²) >= 11 is 0. The number of rotatable bonds is 8. The molecule has 0 radical (unpaired) electrons. The number of carbonyl (C=O) groups excluding carboxylic acids is 2. The minimum atomic E-state index is -0.830. The fourth-order valence-corrected chi connectivity index (χ4v) is 3.83. The molecule has 1 saturated heterocycles. The molecule has 7 heteroatoms. The number of nitrogens with zero attached hydrogens (tertiary/aromatic N) is 1. The number of halogens is 1. The van der Waals surface area contributed by atoms with Crippen LogP contribution in [0.5, 0.6) is 5.75 Å². The predicted octanol–water partition coefficient (Wildman–Crippen LogP) is 1.37. The molecular weight excluding hydrogens is 411 g/mol. The molecule has 1 N–H and O–H groups in total. The lowest BCUT2D eigenvalue weighted by molar-refractivity contribution is -0.858. The molecule has 0 saturated carbocycles. The molecule has 0 aromatic heterocycles. The Balaban J connectivity index is 2.05. The second kappa shape index (κ2) is 9.96. The first-order valence-corrected chi connectivity index (χ1v) is 10.8. The van der Waals surface area contributed by atoms with Crippen molar-refractivity contribution >= 4 is 17.4 Å². The van der Waals surface area contributed by atoms with Gasteiger partial charge < -0.3 is 19.6 Å². The highest BCUT2D eigenvalue weighted by atomic mass is 19.1. The summed E-state index contributed by atoms with van der Waals surface area (Å²) in [7, 11) is 4.02. The Morgan fingerprint density at radius 3 is 2.44 bits per heavy atom. The Labute approximate surface area is 187 Å². The molecule has 1 aliphatic heterocycles. The fraction of sp³-hybridized carbons (Fsp3) is 0.360. The van der Waals surface area contributed by atoms with Gasteiger partial charge in [-0.2, -0.15) is 0 Å². The molecule has 1 heterocycles. The van der Waals surface area contributed by atoms with Crippen LogP contribution in [0, 0.1) is 5.82 Å². The molecule has 1 amide bonds. The predicted molar refractivity (Wildman–Crippen MR) is 117 cm³/mol. The van der Waals surface area contributed by atoms with Gasteiger partial charge in [0.15, 0.2) is 11.6 Å². The monoisotopic (exact) mass is 440 g/mol. The second-order valence-electron chi connectivity index (χ2n) is 8.51. The molecular formula is C25H29FN2O4. The summed E-state index contributed by atoms with van der Waals surface area (Å²) in [5, 5.41) is 13.4. The topological polar surface area (TPSA) is 74.1 Å². The van der Waals surface area contributed by atoms with Crippen molar-refractivity contribution in [3.05, 3.63) is 71.0 Å². The fourth-order valence-electron chi connectivity index (χ4n) is 3.83. The van der Waals surface area contributed by atoms with Gasteiger partial charge in [-0.1, -0.05) is 42.2 Å². The third-order valence-corrected chi connectivity index (χ3v) is 5.28. The van der Waals surface area contributed by atoms with E-state index in [9.17, 15) is 19.1 Å². The normalized spacial score (nSPS) is 18.1. The number of ketones is 1. The van der Waals surface area contributed by atoms with Crippen LogP contribution in [-0.4, -0.2) is 49.9 Å². The molecule has 0 bridgehead atoms. The molecule has 0 spiro atoms. The van der Waals surface area contributed by atoms with Crippen LogP contribution in [0.15, 0.2) is 54.1 Å². The molecule has 2 aromatic rings. The Morgan fingerprint density at radius 2 is 1.84 bits per heavy atom. The van der Waals surface area contributed by atoms with E-state index < -0.39 is 29.3 Å². The van der Waals surface area contributed by atoms with E-state index in [1.54, 1.807) is 38.1 Å². The number of nitrogens with one attached hydrogen (secondary N) is 1. The van der Waals surface area contributed by atoms with Gasteiger partial charge in [-0.05, 0) is 37.1 Å². The Hall–Kier alpha value is -3.19. The molecule has 1 unspecified atom stereocenters. The zero-order valence-corrected chi connectivity index (χ0v) is 18.9. The highest BCUT2D eigenvalue weighted by Crippen LogP contribution is 2.39. The van der Waals surface area contributed by atoms with Gasteiger partial charge in [0.05, 0.1) is 32.8 Å². The maximum atomic E-state index is 14.5. The molecule has 1 aliphatic rings. The minimum Gasteiger partial charge on any atom is -0.872 e. The first-order valence-electron chi connectivity index (χ1n) is 10.8. The maximum Gasteiger partial charge on any atom is 0.295 e. The van der Waals surface area contributed by atoms with Gasteiger partial charge in [0.2, 0.25) is 5.78 Å². The molecule has 6 nitrogen and oxygen atoms in total. The number of quaternary nitrogens is 1. The average Bonchev–Trinajstić information content (AvgIpc) is 2.99. The molecule has 0 aliphatic carbocycles. The summed E-state index contributed by atoms with van der Waals surface area (Å²) in [4.78, 5) is 28.5. The van der Waals surface area contributed by atoms with E-state index in [1.165, 1.54) is 21.9 Å². The van der Waals surface area contributed by atoms with Crippen molar-refractivity contribution in [2.75, 3.05) is 27.2 Å². The summed E-state index contributed by atoms with van der Waals surface area (Å²) in [5.41, 5.74) is 0.540. The summed E-state index contributed by atoms with van der Waals surface area (Å²) in [6.45, 7) is 4.70. The lowest BCUT2D eigenvalue weighted by atomic mass is 9.95. The summed E-state index contributed by atoms with van der Waals surface area (Å²) in [6, 6.07) is 12.1. The van der Waals surface area contributed by atoms with Crippen molar-refractivity contribution in [3.63, 3.8) is 0 Å². The number of likely N-dealkylation sites (tertiary alicyclic amines) is 1. The lowest BCUT2D eigenvalue weighted by Crippen LogP contribution is -3.05. The van der Waals surface area contributed by atoms with Gasteiger partial charge in [-0.25, -0.2) is 4.39 Å². The third-order valence-electron chi connectivity index (χ3n) is 5.28. The third kappa shape index (κ3) is 4.99. The van der Waals surface area contributed by atoms with Crippen molar-refractivity contribution < 1.29 is 28.7 Å². The molecule has 32 heavy (non-hydrogen) atoms. The largest absolute Gasteiger partial charge is 0.872 e. The highest BCUT2D eigenvalue weighted by Gasteiger charge is 2.43. The van der Waals surface area contributed by atoms with Crippen LogP contribution in [0.2, 0.25) is 0 Å². The number of hydrogen-bond acceptors (Lipinski definition) is 4. The number of amides is 1. The number of ether oxygens (including phenoxy) is 1. The summed E-state index contributed by atoms with van der Waals surface area (Å²) in [6.07, 6.45) is 0.455. The second-order valence-corrected chi connectivity index (χ2v) is 8.51. The Morgan fingerprint density at radius 1 is 1.16 bits per heavy atom. The Bertz CT molecular complexity index is 1020. The lowest BCUT2D eigenvalue weighted by Gasteiger charge is -2.27. The van der Waals surface area contributed by atoms with Gasteiger partial charge in [0.1, 0.15) is 0 Å². The van der Waals surface area contributed by atoms with E-state index >= 15 is 0 Å². The standard InChI is InChI=1S/C25H29FN2O4/c1-16(2)32-20-12-11-18(15-19(20)26)23(29)21-22(17-9-6-5-7-10-17)28(25(31)24(21)30)14-8-13-27(3)4/h5-7,9-12,15-16,22,29H,8,13-14H2,1-4H3. The first kappa shape index (κ1) is 23.5. The quantitative estimate of drug-likeness (QED) is 0.382. The number of Topliss-reactive ketones (excluding diaryl/α,β-unsaturated/α-hetero) is 1. The van der Waals surface area contributed by atoms with E-state index in [-0.39, 0.29) is 23.0 Å². The van der Waals surface area contributed by atoms with Crippen LogP contribution in [0.4, 0.5) is 4.39 Å². The summed E-state index contributed by atoms with van der Waals surface area (Å²) < 4.78 is 19.9. The number of carbonyl (C=O) groups is 2. The van der Waals surface area contributed by atoms with Crippen molar-refractivity contribution in [2.45, 2.75) is 32.4 Å². The van der Waals surface area contributed by atoms with Gasteiger partial charge in [0, 0.05) is 18.5 Å². The van der Waals surface area contributed by atoms with Gasteiger partial charge in [-0.15, -0.1) is 0 Å². The van der Waals surface area contributed by atoms with E-state index in [0.717, 1.165) is 12.6 Å². The van der Waals surface area contributed by atoms with Crippen LogP contribution in [0.1, 0.15) is 37.4 Å². The van der Waals surface area contributed by atoms with E-state index in [1.807, 2.05) is 20.2 Å². The Kier molecular flexibility index (Phi) is 7.30. The van der Waals surface area contributed by atoms with Gasteiger partial charge in [0.25, 0.3) is 5.91 Å². The smallest absolute Gasteiger partial charge is 0.295 e. The first-order chi connectivity index (χ1) is 15.2. The molecule has 3 rings (SSSR count). The highest BCUT2D eigenvalue weighted by molar-refractivity contribution is 6.46. The molecule has 1 atom stereocenters. The van der Waals surface area contributed by atoms with Gasteiger partial charge in [-0.3, -0.25) is 9.59 Å². The van der Waals surface area contributed by atoms with Crippen molar-refractivity contribution in [1.82, 2.24) is 4.90 Å². The minimum absolute atomic E-state index is 0.00951. The summed E-state index contributed by atoms with van der Waals surface area (Å²) in [5.74, 6) is -2.83.